The Morgan fingerprint density at radius 1 is 0.964 bits per heavy atom. The van der Waals surface area contributed by atoms with Crippen LogP contribution in [0.4, 0.5) is 0 Å². The molecular formula is C23H20N2O3. The summed E-state index contributed by atoms with van der Waals surface area (Å²) < 4.78 is 11.3. The van der Waals surface area contributed by atoms with Crippen molar-refractivity contribution < 1.29 is 13.6 Å². The zero-order valence-corrected chi connectivity index (χ0v) is 15.2. The van der Waals surface area contributed by atoms with Crippen molar-refractivity contribution in [2.45, 2.75) is 18.9 Å². The Bertz CT molecular complexity index is 1010. The minimum absolute atomic E-state index is 0.0929. The van der Waals surface area contributed by atoms with Crippen LogP contribution in [0, 0.1) is 0 Å². The maximum absolute atomic E-state index is 12.5. The van der Waals surface area contributed by atoms with Crippen LogP contribution in [0.2, 0.25) is 0 Å². The van der Waals surface area contributed by atoms with E-state index in [1.54, 1.807) is 12.5 Å². The number of carbonyl (C=O) groups excluding carboxylic acids is 1. The Hall–Kier alpha value is -3.60. The molecule has 0 bridgehead atoms. The lowest BCUT2D eigenvalue weighted by molar-refractivity contribution is -0.121. The van der Waals surface area contributed by atoms with Gasteiger partial charge in [-0.3, -0.25) is 4.79 Å². The molecule has 2 aromatic heterocycles. The molecule has 0 fully saturated rings. The van der Waals surface area contributed by atoms with E-state index in [9.17, 15) is 4.79 Å². The van der Waals surface area contributed by atoms with Gasteiger partial charge in [0.05, 0.1) is 12.5 Å². The average molecular weight is 372 g/mol. The molecule has 0 aliphatic rings. The zero-order valence-electron chi connectivity index (χ0n) is 15.2. The van der Waals surface area contributed by atoms with Gasteiger partial charge in [-0.1, -0.05) is 60.7 Å². The van der Waals surface area contributed by atoms with Crippen molar-refractivity contribution in [3.05, 3.63) is 102 Å². The molecule has 1 N–H and O–H groups in total. The molecule has 0 saturated heterocycles. The molecule has 2 heterocycles. The number of aromatic nitrogens is 1. The highest BCUT2D eigenvalue weighted by atomic mass is 16.4. The number of rotatable bonds is 7. The predicted octanol–water partition coefficient (Wildman–Crippen LogP) is 4.77. The van der Waals surface area contributed by atoms with Gasteiger partial charge in [-0.05, 0) is 17.7 Å². The Morgan fingerprint density at radius 3 is 2.43 bits per heavy atom. The van der Waals surface area contributed by atoms with Crippen LogP contribution in [-0.4, -0.2) is 10.9 Å². The predicted molar refractivity (Wildman–Crippen MR) is 105 cm³/mol. The summed E-state index contributed by atoms with van der Waals surface area (Å²) in [5.74, 6) is 1.85. The molecule has 2 aromatic carbocycles. The second kappa shape index (κ2) is 8.39. The lowest BCUT2D eigenvalue weighted by Gasteiger charge is -2.17. The first-order valence-corrected chi connectivity index (χ1v) is 9.17. The van der Waals surface area contributed by atoms with Crippen molar-refractivity contribution in [3.8, 4) is 11.3 Å². The van der Waals surface area contributed by atoms with E-state index in [0.717, 1.165) is 11.1 Å². The fourth-order valence-electron chi connectivity index (χ4n) is 3.04. The number of nitrogens with zero attached hydrogens (tertiary/aromatic N) is 1. The summed E-state index contributed by atoms with van der Waals surface area (Å²) in [5, 5.41) is 3.04. The summed E-state index contributed by atoms with van der Waals surface area (Å²) in [7, 11) is 0. The Balaban J connectivity index is 1.40. The number of amides is 1. The van der Waals surface area contributed by atoms with E-state index in [1.807, 2.05) is 72.8 Å². The first-order chi connectivity index (χ1) is 13.8. The van der Waals surface area contributed by atoms with Gasteiger partial charge >= 0.3 is 0 Å². The van der Waals surface area contributed by atoms with E-state index in [2.05, 4.69) is 10.3 Å². The maximum Gasteiger partial charge on any atom is 0.221 e. The molecule has 4 aromatic rings. The van der Waals surface area contributed by atoms with Gasteiger partial charge < -0.3 is 14.2 Å². The number of furan rings is 1. The Kier molecular flexibility index (Phi) is 5.33. The lowest BCUT2D eigenvalue weighted by atomic mass is 10.0. The van der Waals surface area contributed by atoms with Gasteiger partial charge in [0.2, 0.25) is 5.91 Å². The van der Waals surface area contributed by atoms with Crippen LogP contribution in [0.5, 0.6) is 0 Å². The maximum atomic E-state index is 12.5. The van der Waals surface area contributed by atoms with E-state index < -0.39 is 0 Å². The minimum Gasteiger partial charge on any atom is -0.467 e. The van der Waals surface area contributed by atoms with Crippen LogP contribution in [0.1, 0.15) is 29.7 Å². The van der Waals surface area contributed by atoms with E-state index in [4.69, 9.17) is 8.83 Å². The number of nitrogens with one attached hydrogen (secondary N) is 1. The summed E-state index contributed by atoms with van der Waals surface area (Å²) >= 11 is 0. The zero-order chi connectivity index (χ0) is 19.2. The van der Waals surface area contributed by atoms with Crippen LogP contribution < -0.4 is 5.32 Å². The van der Waals surface area contributed by atoms with E-state index in [0.29, 0.717) is 23.8 Å². The first-order valence-electron chi connectivity index (χ1n) is 9.17. The number of aryl methyl sites for hydroxylation is 1. The van der Waals surface area contributed by atoms with Crippen molar-refractivity contribution in [2.75, 3.05) is 0 Å². The van der Waals surface area contributed by atoms with Crippen molar-refractivity contribution in [2.24, 2.45) is 0 Å². The summed E-state index contributed by atoms with van der Waals surface area (Å²) in [5.41, 5.74) is 1.93. The molecule has 28 heavy (non-hydrogen) atoms. The van der Waals surface area contributed by atoms with E-state index >= 15 is 0 Å². The molecule has 4 rings (SSSR count). The molecule has 0 aliphatic heterocycles. The molecule has 0 radical (unpaired) electrons. The third-order valence-corrected chi connectivity index (χ3v) is 4.44. The smallest absolute Gasteiger partial charge is 0.221 e. The average Bonchev–Trinajstić information content (AvgIpc) is 3.44. The molecule has 1 atom stereocenters. The quantitative estimate of drug-likeness (QED) is 0.507. The number of benzene rings is 2. The van der Waals surface area contributed by atoms with Gasteiger partial charge in [-0.15, -0.1) is 0 Å². The van der Waals surface area contributed by atoms with Crippen LogP contribution >= 0.6 is 0 Å². The van der Waals surface area contributed by atoms with Crippen LogP contribution in [0.25, 0.3) is 11.3 Å². The largest absolute Gasteiger partial charge is 0.467 e. The summed E-state index contributed by atoms with van der Waals surface area (Å²) in [4.78, 5) is 16.8. The number of hydrogen-bond donors (Lipinski definition) is 1. The molecular weight excluding hydrogens is 352 g/mol. The lowest BCUT2D eigenvalue weighted by Crippen LogP contribution is -2.29. The number of oxazole rings is 1. The third kappa shape index (κ3) is 4.20. The van der Waals surface area contributed by atoms with Crippen LogP contribution in [0.15, 0.2) is 94.1 Å². The number of hydrogen-bond acceptors (Lipinski definition) is 4. The normalized spacial score (nSPS) is 11.9. The van der Waals surface area contributed by atoms with Crippen molar-refractivity contribution in [3.63, 3.8) is 0 Å². The molecule has 1 unspecified atom stereocenters. The number of carbonyl (C=O) groups is 1. The molecule has 5 heteroatoms. The van der Waals surface area contributed by atoms with Crippen molar-refractivity contribution >= 4 is 5.91 Å². The van der Waals surface area contributed by atoms with E-state index in [1.165, 1.54) is 0 Å². The monoisotopic (exact) mass is 372 g/mol. The van der Waals surface area contributed by atoms with Crippen LogP contribution in [-0.2, 0) is 11.2 Å². The fraction of sp³-hybridized carbons (Fsp3) is 0.130. The van der Waals surface area contributed by atoms with Gasteiger partial charge in [-0.25, -0.2) is 4.98 Å². The second-order valence-electron chi connectivity index (χ2n) is 6.41. The fourth-order valence-corrected chi connectivity index (χ4v) is 3.04. The molecule has 0 saturated carbocycles. The topological polar surface area (TPSA) is 68.3 Å². The molecule has 0 aliphatic carbocycles. The summed E-state index contributed by atoms with van der Waals surface area (Å²) in [6.07, 6.45) is 4.00. The van der Waals surface area contributed by atoms with Gasteiger partial charge in [-0.2, -0.15) is 0 Å². The molecule has 0 spiro atoms. The minimum atomic E-state index is -0.326. The van der Waals surface area contributed by atoms with Gasteiger partial charge in [0, 0.05) is 18.4 Å². The Labute approximate surface area is 163 Å². The summed E-state index contributed by atoms with van der Waals surface area (Å²) in [6.45, 7) is 0. The first kappa shape index (κ1) is 17.8. The van der Waals surface area contributed by atoms with Crippen molar-refractivity contribution in [1.82, 2.24) is 10.3 Å². The highest BCUT2D eigenvalue weighted by Gasteiger charge is 2.19. The third-order valence-electron chi connectivity index (χ3n) is 4.44. The molecule has 140 valence electrons. The second-order valence-corrected chi connectivity index (χ2v) is 6.41. The molecule has 1 amide bonds. The van der Waals surface area contributed by atoms with Gasteiger partial charge in [0.1, 0.15) is 11.8 Å². The Morgan fingerprint density at radius 2 is 1.71 bits per heavy atom. The van der Waals surface area contributed by atoms with E-state index in [-0.39, 0.29) is 18.4 Å². The highest BCUT2D eigenvalue weighted by molar-refractivity contribution is 5.77. The van der Waals surface area contributed by atoms with Gasteiger partial charge in [0.15, 0.2) is 11.7 Å². The summed E-state index contributed by atoms with van der Waals surface area (Å²) in [6, 6.07) is 22.9. The standard InChI is InChI=1S/C23H20N2O3/c26-21(13-14-22-24-16-20(28-22)17-8-3-1-4-9-17)25-23(19-12-7-15-27-19)18-10-5-2-6-11-18/h1-12,15-16,23H,13-14H2,(H,25,26). The molecule has 5 nitrogen and oxygen atoms in total. The van der Waals surface area contributed by atoms with Crippen molar-refractivity contribution in [1.29, 1.82) is 0 Å². The van der Waals surface area contributed by atoms with Crippen LogP contribution in [0.3, 0.4) is 0 Å². The van der Waals surface area contributed by atoms with Gasteiger partial charge in [0.25, 0.3) is 0 Å². The SMILES string of the molecule is O=C(CCc1ncc(-c2ccccc2)o1)NC(c1ccccc1)c1ccco1. The highest BCUT2D eigenvalue weighted by Crippen LogP contribution is 2.23.